The zero-order valence-electron chi connectivity index (χ0n) is 12.0. The quantitative estimate of drug-likeness (QED) is 0.573. The monoisotopic (exact) mass is 263 g/mol. The van der Waals surface area contributed by atoms with Crippen LogP contribution in [0.5, 0.6) is 0 Å². The summed E-state index contributed by atoms with van der Waals surface area (Å²) in [7, 11) is 0. The van der Waals surface area contributed by atoms with Crippen LogP contribution in [0.1, 0.15) is 24.0 Å². The van der Waals surface area contributed by atoms with Gasteiger partial charge in [-0.1, -0.05) is 42.0 Å². The highest BCUT2D eigenvalue weighted by atomic mass is 14.9. The molecular weight excluding hydrogens is 242 g/mol. The molecule has 0 atom stereocenters. The molecule has 1 heterocycles. The Hall–Kier alpha value is -2.02. The number of hydrogen-bond donors (Lipinski definition) is 0. The first-order valence-electron chi connectivity index (χ1n) is 7.42. The number of benzene rings is 2. The highest BCUT2D eigenvalue weighted by Gasteiger charge is 2.01. The van der Waals surface area contributed by atoms with Gasteiger partial charge >= 0.3 is 0 Å². The molecule has 0 aliphatic rings. The molecule has 0 N–H and O–H groups in total. The van der Waals surface area contributed by atoms with Gasteiger partial charge in [-0.25, -0.2) is 0 Å². The number of fused-ring (bicyclic) bond motifs is 1. The second-order valence-corrected chi connectivity index (χ2v) is 5.51. The normalized spacial score (nSPS) is 11.1. The zero-order valence-corrected chi connectivity index (χ0v) is 12.0. The first kappa shape index (κ1) is 13.0. The molecule has 2 aromatic carbocycles. The fourth-order valence-electron chi connectivity index (χ4n) is 2.77. The fourth-order valence-corrected chi connectivity index (χ4v) is 2.77. The van der Waals surface area contributed by atoms with Crippen LogP contribution < -0.4 is 0 Å². The summed E-state index contributed by atoms with van der Waals surface area (Å²) in [5.41, 5.74) is 4.13. The lowest BCUT2D eigenvalue weighted by Gasteiger charge is -2.06. The third-order valence-corrected chi connectivity index (χ3v) is 3.88. The Morgan fingerprint density at radius 1 is 0.900 bits per heavy atom. The summed E-state index contributed by atoms with van der Waals surface area (Å²) in [6, 6.07) is 19.7. The lowest BCUT2D eigenvalue weighted by molar-refractivity contribution is 0.624. The smallest absolute Gasteiger partial charge is 0.0480 e. The molecule has 0 bridgehead atoms. The third-order valence-electron chi connectivity index (χ3n) is 3.88. The van der Waals surface area contributed by atoms with E-state index in [4.69, 9.17) is 0 Å². The average molecular weight is 263 g/mol. The Bertz CT molecular complexity index is 679. The van der Waals surface area contributed by atoms with Crippen molar-refractivity contribution in [1.82, 2.24) is 4.57 Å². The van der Waals surface area contributed by atoms with Gasteiger partial charge in [0.1, 0.15) is 0 Å². The van der Waals surface area contributed by atoms with Gasteiger partial charge in [0, 0.05) is 18.3 Å². The number of aryl methyl sites for hydroxylation is 3. The minimum atomic E-state index is 1.11. The minimum Gasteiger partial charge on any atom is -0.347 e. The van der Waals surface area contributed by atoms with Crippen LogP contribution in [0.4, 0.5) is 0 Å². The summed E-state index contributed by atoms with van der Waals surface area (Å²) in [5, 5.41) is 1.35. The molecule has 0 saturated carbocycles. The number of hydrogen-bond acceptors (Lipinski definition) is 0. The Morgan fingerprint density at radius 3 is 2.60 bits per heavy atom. The Morgan fingerprint density at radius 2 is 1.75 bits per heavy atom. The fraction of sp³-hybridized carbons (Fsp3) is 0.263. The number of rotatable bonds is 5. The number of unbranched alkanes of at least 4 members (excludes halogenated alkanes) is 1. The third kappa shape index (κ3) is 2.93. The first-order valence-corrected chi connectivity index (χ1v) is 7.42. The van der Waals surface area contributed by atoms with Crippen molar-refractivity contribution in [2.24, 2.45) is 0 Å². The molecule has 102 valence electrons. The van der Waals surface area contributed by atoms with E-state index in [1.54, 1.807) is 0 Å². The van der Waals surface area contributed by atoms with Gasteiger partial charge in [0.05, 0.1) is 0 Å². The lowest BCUT2D eigenvalue weighted by atomic mass is 10.1. The Labute approximate surface area is 120 Å². The predicted octanol–water partition coefficient (Wildman–Crippen LogP) is 4.97. The van der Waals surface area contributed by atoms with Crippen LogP contribution in [0.2, 0.25) is 0 Å². The topological polar surface area (TPSA) is 4.93 Å². The van der Waals surface area contributed by atoms with Gasteiger partial charge in [-0.05, 0) is 55.3 Å². The van der Waals surface area contributed by atoms with Crippen molar-refractivity contribution in [3.63, 3.8) is 0 Å². The number of aromatic nitrogens is 1. The second kappa shape index (κ2) is 5.96. The molecule has 0 aliphatic carbocycles. The maximum Gasteiger partial charge on any atom is 0.0480 e. The first-order chi connectivity index (χ1) is 9.83. The molecule has 0 amide bonds. The van der Waals surface area contributed by atoms with Gasteiger partial charge in [-0.3, -0.25) is 0 Å². The molecule has 20 heavy (non-hydrogen) atoms. The summed E-state index contributed by atoms with van der Waals surface area (Å²) in [6.07, 6.45) is 5.87. The van der Waals surface area contributed by atoms with Crippen LogP contribution in [0, 0.1) is 6.92 Å². The van der Waals surface area contributed by atoms with E-state index in [2.05, 4.69) is 72.3 Å². The van der Waals surface area contributed by atoms with Crippen molar-refractivity contribution in [3.05, 3.63) is 71.9 Å². The van der Waals surface area contributed by atoms with Gasteiger partial charge in [0.2, 0.25) is 0 Å². The van der Waals surface area contributed by atoms with Crippen LogP contribution in [-0.4, -0.2) is 4.57 Å². The molecule has 3 rings (SSSR count). The number of nitrogens with zero attached hydrogens (tertiary/aromatic N) is 1. The highest BCUT2D eigenvalue weighted by Crippen LogP contribution is 2.18. The molecule has 0 aliphatic heterocycles. The largest absolute Gasteiger partial charge is 0.347 e. The molecule has 1 nitrogen and oxygen atoms in total. The molecule has 0 fully saturated rings. The van der Waals surface area contributed by atoms with Crippen LogP contribution in [0.3, 0.4) is 0 Å². The van der Waals surface area contributed by atoms with Crippen molar-refractivity contribution < 1.29 is 0 Å². The van der Waals surface area contributed by atoms with Crippen molar-refractivity contribution >= 4 is 10.9 Å². The van der Waals surface area contributed by atoms with Crippen molar-refractivity contribution in [3.8, 4) is 0 Å². The van der Waals surface area contributed by atoms with E-state index < -0.39 is 0 Å². The SMILES string of the molecule is Cc1ccc2c(ccn2CCCCc2ccccc2)c1. The molecule has 0 radical (unpaired) electrons. The van der Waals surface area contributed by atoms with Gasteiger partial charge in [0.15, 0.2) is 0 Å². The van der Waals surface area contributed by atoms with E-state index in [1.165, 1.54) is 41.3 Å². The van der Waals surface area contributed by atoms with E-state index in [9.17, 15) is 0 Å². The predicted molar refractivity (Wildman–Crippen MR) is 86.1 cm³/mol. The Balaban J connectivity index is 1.58. The molecule has 0 unspecified atom stereocenters. The highest BCUT2D eigenvalue weighted by molar-refractivity contribution is 5.80. The molecule has 0 spiro atoms. The van der Waals surface area contributed by atoms with E-state index in [1.807, 2.05) is 0 Å². The van der Waals surface area contributed by atoms with E-state index in [-0.39, 0.29) is 0 Å². The van der Waals surface area contributed by atoms with E-state index >= 15 is 0 Å². The van der Waals surface area contributed by atoms with Crippen molar-refractivity contribution in [2.75, 3.05) is 0 Å². The molecule has 3 aromatic rings. The van der Waals surface area contributed by atoms with E-state index in [0.29, 0.717) is 0 Å². The summed E-state index contributed by atoms with van der Waals surface area (Å²) >= 11 is 0. The van der Waals surface area contributed by atoms with Crippen LogP contribution in [0.25, 0.3) is 10.9 Å². The molecular formula is C19H21N. The molecule has 0 saturated heterocycles. The van der Waals surface area contributed by atoms with Crippen LogP contribution in [0.15, 0.2) is 60.8 Å². The lowest BCUT2D eigenvalue weighted by Crippen LogP contribution is -1.97. The zero-order chi connectivity index (χ0) is 13.8. The molecule has 1 heteroatoms. The minimum absolute atomic E-state index is 1.11. The standard InChI is InChI=1S/C19H21N/c1-16-10-11-19-18(15-16)12-14-20(19)13-6-5-9-17-7-3-2-4-8-17/h2-4,7-8,10-12,14-15H,5-6,9,13H2,1H3. The summed E-state index contributed by atoms with van der Waals surface area (Å²) in [5.74, 6) is 0. The second-order valence-electron chi connectivity index (χ2n) is 5.51. The maximum atomic E-state index is 2.37. The van der Waals surface area contributed by atoms with Crippen molar-refractivity contribution in [1.29, 1.82) is 0 Å². The van der Waals surface area contributed by atoms with Crippen LogP contribution >= 0.6 is 0 Å². The average Bonchev–Trinajstić information content (AvgIpc) is 2.87. The van der Waals surface area contributed by atoms with Crippen molar-refractivity contribution in [2.45, 2.75) is 32.7 Å². The Kier molecular flexibility index (Phi) is 3.87. The maximum absolute atomic E-state index is 2.37. The summed E-state index contributed by atoms with van der Waals surface area (Å²) < 4.78 is 2.37. The summed E-state index contributed by atoms with van der Waals surface area (Å²) in [6.45, 7) is 3.26. The van der Waals surface area contributed by atoms with Gasteiger partial charge in [-0.2, -0.15) is 0 Å². The summed E-state index contributed by atoms with van der Waals surface area (Å²) in [4.78, 5) is 0. The van der Waals surface area contributed by atoms with Gasteiger partial charge < -0.3 is 4.57 Å². The van der Waals surface area contributed by atoms with Gasteiger partial charge in [0.25, 0.3) is 0 Å². The van der Waals surface area contributed by atoms with Crippen LogP contribution in [-0.2, 0) is 13.0 Å². The van der Waals surface area contributed by atoms with Gasteiger partial charge in [-0.15, -0.1) is 0 Å². The molecule has 1 aromatic heterocycles. The van der Waals surface area contributed by atoms with E-state index in [0.717, 1.165) is 6.54 Å².